The Kier molecular flexibility index (Phi) is 6.38. The molecule has 0 bridgehead atoms. The number of amides is 3. The summed E-state index contributed by atoms with van der Waals surface area (Å²) < 4.78 is 0. The molecule has 7 nitrogen and oxygen atoms in total. The highest BCUT2D eigenvalue weighted by Crippen LogP contribution is 1.91. The van der Waals surface area contributed by atoms with Crippen molar-refractivity contribution >= 4 is 23.5 Å². The normalized spacial score (nSPS) is 9.00. The predicted molar refractivity (Wildman–Crippen MR) is 50.7 cm³/mol. The van der Waals surface area contributed by atoms with Crippen LogP contribution in [0.25, 0.3) is 0 Å². The largest absolute Gasteiger partial charge is 0.358 e. The Labute approximate surface area is 85.7 Å². The highest BCUT2D eigenvalue weighted by atomic mass is 35.5. The number of halogens is 1. The van der Waals surface area contributed by atoms with Crippen molar-refractivity contribution in [3.05, 3.63) is 4.91 Å². The monoisotopic (exact) mass is 222 g/mol. The summed E-state index contributed by atoms with van der Waals surface area (Å²) in [5.41, 5.74) is 1.68. The van der Waals surface area contributed by atoms with Crippen LogP contribution in [0.3, 0.4) is 0 Å². The van der Waals surface area contributed by atoms with Gasteiger partial charge in [0.1, 0.15) is 6.54 Å². The van der Waals surface area contributed by atoms with Crippen LogP contribution in [0.15, 0.2) is 5.29 Å². The molecule has 0 aromatic carbocycles. The maximum atomic E-state index is 11.1. The van der Waals surface area contributed by atoms with Crippen molar-refractivity contribution in [1.29, 1.82) is 0 Å². The molecule has 14 heavy (non-hydrogen) atoms. The summed E-state index contributed by atoms with van der Waals surface area (Å²) in [6.45, 7) is 0.000895. The maximum Gasteiger partial charge on any atom is 0.340 e. The van der Waals surface area contributed by atoms with E-state index < -0.39 is 6.03 Å². The highest BCUT2D eigenvalue weighted by molar-refractivity contribution is 6.18. The first-order valence-electron chi connectivity index (χ1n) is 3.79. The van der Waals surface area contributed by atoms with Crippen LogP contribution in [0.5, 0.6) is 0 Å². The van der Waals surface area contributed by atoms with E-state index >= 15 is 0 Å². The van der Waals surface area contributed by atoms with Crippen LogP contribution in [0.4, 0.5) is 4.79 Å². The SMILES string of the molecule is CNC(=O)CN(CCCl)C(=O)NN=O. The molecule has 0 aromatic rings. The third-order valence-electron chi connectivity index (χ3n) is 1.40. The van der Waals surface area contributed by atoms with Crippen LogP contribution >= 0.6 is 11.6 Å². The summed E-state index contributed by atoms with van der Waals surface area (Å²) in [5, 5.41) is 4.54. The van der Waals surface area contributed by atoms with Crippen LogP contribution in [0, 0.1) is 4.91 Å². The third kappa shape index (κ3) is 4.61. The minimum absolute atomic E-state index is 0.162. The van der Waals surface area contributed by atoms with Crippen molar-refractivity contribution in [3.8, 4) is 0 Å². The molecule has 0 saturated carbocycles. The van der Waals surface area contributed by atoms with Crippen molar-refractivity contribution in [3.63, 3.8) is 0 Å². The van der Waals surface area contributed by atoms with E-state index in [1.54, 1.807) is 5.43 Å². The number of nitroso groups, excluding NO2 is 1. The zero-order valence-electron chi connectivity index (χ0n) is 7.62. The number of carbonyl (C=O) groups is 2. The molecule has 2 N–H and O–H groups in total. The summed E-state index contributed by atoms with van der Waals surface area (Å²) in [7, 11) is 1.44. The van der Waals surface area contributed by atoms with Crippen molar-refractivity contribution in [2.24, 2.45) is 5.29 Å². The number of hydrogen-bond donors (Lipinski definition) is 2. The Balaban J connectivity index is 4.19. The van der Waals surface area contributed by atoms with Gasteiger partial charge in [0.05, 0.1) is 5.29 Å². The van der Waals surface area contributed by atoms with E-state index in [1.165, 1.54) is 7.05 Å². The molecule has 0 atom stereocenters. The van der Waals surface area contributed by atoms with E-state index in [0.717, 1.165) is 4.90 Å². The third-order valence-corrected chi connectivity index (χ3v) is 1.57. The number of likely N-dealkylation sites (N-methyl/N-ethyl adjacent to an activating group) is 1. The fourth-order valence-corrected chi connectivity index (χ4v) is 0.921. The van der Waals surface area contributed by atoms with Crippen molar-refractivity contribution in [2.75, 3.05) is 26.0 Å². The second kappa shape index (κ2) is 7.07. The standard InChI is InChI=1S/C6H11ClN4O3/c1-8-5(12)4-11(3-2-7)6(13)9-10-14/h2-4H2,1H3,(H,8,12)(H,9,13,14). The number of alkyl halides is 1. The van der Waals surface area contributed by atoms with Gasteiger partial charge in [0.15, 0.2) is 0 Å². The number of nitrogens with one attached hydrogen (secondary N) is 2. The van der Waals surface area contributed by atoms with Crippen LogP contribution in [0.2, 0.25) is 0 Å². The van der Waals surface area contributed by atoms with E-state index in [9.17, 15) is 14.5 Å². The molecule has 3 amide bonds. The molecule has 80 valence electrons. The summed E-state index contributed by atoms with van der Waals surface area (Å²) >= 11 is 5.41. The van der Waals surface area contributed by atoms with Gasteiger partial charge in [0, 0.05) is 19.5 Å². The van der Waals surface area contributed by atoms with Gasteiger partial charge in [-0.05, 0) is 0 Å². The molecular formula is C6H11ClN4O3. The number of rotatable bonds is 5. The van der Waals surface area contributed by atoms with Gasteiger partial charge in [-0.3, -0.25) is 4.79 Å². The number of urea groups is 1. The maximum absolute atomic E-state index is 11.1. The lowest BCUT2D eigenvalue weighted by atomic mass is 10.5. The lowest BCUT2D eigenvalue weighted by molar-refractivity contribution is -0.121. The second-order valence-electron chi connectivity index (χ2n) is 2.29. The van der Waals surface area contributed by atoms with Gasteiger partial charge in [-0.15, -0.1) is 16.5 Å². The Morgan fingerprint density at radius 2 is 2.14 bits per heavy atom. The van der Waals surface area contributed by atoms with Crippen molar-refractivity contribution in [1.82, 2.24) is 15.6 Å². The number of nitrogens with zero attached hydrogens (tertiary/aromatic N) is 2. The molecule has 0 aliphatic heterocycles. The van der Waals surface area contributed by atoms with E-state index in [1.807, 2.05) is 0 Å². The fourth-order valence-electron chi connectivity index (χ4n) is 0.717. The minimum atomic E-state index is -0.746. The first-order chi connectivity index (χ1) is 6.65. The zero-order valence-corrected chi connectivity index (χ0v) is 8.37. The average molecular weight is 223 g/mol. The Hall–Kier alpha value is -1.37. The van der Waals surface area contributed by atoms with Gasteiger partial charge in [-0.25, -0.2) is 4.79 Å². The van der Waals surface area contributed by atoms with Gasteiger partial charge in [-0.2, -0.15) is 5.43 Å². The van der Waals surface area contributed by atoms with Gasteiger partial charge in [0.2, 0.25) is 5.91 Å². The predicted octanol–water partition coefficient (Wildman–Crippen LogP) is -0.336. The molecule has 0 aliphatic rings. The highest BCUT2D eigenvalue weighted by Gasteiger charge is 2.15. The molecule has 0 spiro atoms. The smallest absolute Gasteiger partial charge is 0.340 e. The molecule has 8 heteroatoms. The van der Waals surface area contributed by atoms with E-state index in [-0.39, 0.29) is 24.9 Å². The quantitative estimate of drug-likeness (QED) is 0.379. The molecule has 0 fully saturated rings. The summed E-state index contributed by atoms with van der Waals surface area (Å²) in [6.07, 6.45) is 0. The van der Waals surface area contributed by atoms with Crippen molar-refractivity contribution in [2.45, 2.75) is 0 Å². The average Bonchev–Trinajstić information content (AvgIpc) is 2.17. The molecule has 0 heterocycles. The molecule has 0 unspecified atom stereocenters. The molecule has 0 rings (SSSR count). The lowest BCUT2D eigenvalue weighted by Crippen LogP contribution is -2.44. The van der Waals surface area contributed by atoms with Gasteiger partial charge < -0.3 is 10.2 Å². The fraction of sp³-hybridized carbons (Fsp3) is 0.667. The Bertz CT molecular complexity index is 223. The zero-order chi connectivity index (χ0) is 11.0. The molecule has 0 radical (unpaired) electrons. The summed E-state index contributed by atoms with van der Waals surface area (Å²) in [4.78, 5) is 32.8. The Morgan fingerprint density at radius 1 is 1.50 bits per heavy atom. The second-order valence-corrected chi connectivity index (χ2v) is 2.67. The van der Waals surface area contributed by atoms with E-state index in [4.69, 9.17) is 11.6 Å². The first-order valence-corrected chi connectivity index (χ1v) is 4.33. The van der Waals surface area contributed by atoms with Gasteiger partial charge in [0.25, 0.3) is 0 Å². The van der Waals surface area contributed by atoms with Crippen LogP contribution in [0.1, 0.15) is 0 Å². The van der Waals surface area contributed by atoms with E-state index in [0.29, 0.717) is 0 Å². The number of hydrogen-bond acceptors (Lipinski definition) is 4. The van der Waals surface area contributed by atoms with Gasteiger partial charge in [-0.1, -0.05) is 0 Å². The van der Waals surface area contributed by atoms with Crippen LogP contribution in [-0.4, -0.2) is 42.9 Å². The van der Waals surface area contributed by atoms with Gasteiger partial charge >= 0.3 is 6.03 Å². The Morgan fingerprint density at radius 3 is 2.57 bits per heavy atom. The van der Waals surface area contributed by atoms with Crippen LogP contribution < -0.4 is 10.7 Å². The number of carbonyl (C=O) groups excluding carboxylic acids is 2. The van der Waals surface area contributed by atoms with Crippen molar-refractivity contribution < 1.29 is 9.59 Å². The first kappa shape index (κ1) is 12.6. The molecule has 0 saturated heterocycles. The van der Waals surface area contributed by atoms with Crippen LogP contribution in [-0.2, 0) is 4.79 Å². The lowest BCUT2D eigenvalue weighted by Gasteiger charge is -2.18. The summed E-state index contributed by atoms with van der Waals surface area (Å²) in [6, 6.07) is -0.746. The molecule has 0 aromatic heterocycles. The minimum Gasteiger partial charge on any atom is -0.358 e. The van der Waals surface area contributed by atoms with E-state index in [2.05, 4.69) is 10.6 Å². The topological polar surface area (TPSA) is 90.9 Å². The molecule has 0 aliphatic carbocycles. The summed E-state index contributed by atoms with van der Waals surface area (Å²) in [5.74, 6) is -0.181. The molecular weight excluding hydrogens is 212 g/mol.